The molecule has 3 rings (SSSR count). The van der Waals surface area contributed by atoms with Crippen LogP contribution in [-0.2, 0) is 11.4 Å². The molecule has 0 aliphatic carbocycles. The molecule has 7 nitrogen and oxygen atoms in total. The second-order valence-corrected chi connectivity index (χ2v) is 7.50. The summed E-state index contributed by atoms with van der Waals surface area (Å²) in [5.74, 6) is 0.659. The summed E-state index contributed by atoms with van der Waals surface area (Å²) in [6, 6.07) is 14.5. The number of nitrogens with one attached hydrogen (secondary N) is 1. The van der Waals surface area contributed by atoms with Crippen LogP contribution in [0.4, 0.5) is 0 Å². The third-order valence-electron chi connectivity index (χ3n) is 5.33. The van der Waals surface area contributed by atoms with E-state index in [2.05, 4.69) is 5.32 Å². The summed E-state index contributed by atoms with van der Waals surface area (Å²) < 4.78 is 11.3. The Hall–Kier alpha value is -3.79. The number of amides is 2. The maximum Gasteiger partial charge on any atom is 0.261 e. The fraction of sp³-hybridized carbons (Fsp3) is 0.320. The molecule has 0 saturated carbocycles. The van der Waals surface area contributed by atoms with Crippen molar-refractivity contribution in [2.45, 2.75) is 25.9 Å². The topological polar surface area (TPSA) is 91.7 Å². The zero-order chi connectivity index (χ0) is 22.9. The number of likely N-dealkylation sites (tertiary alicyclic amines) is 1. The highest BCUT2D eigenvalue weighted by atomic mass is 16.5. The summed E-state index contributed by atoms with van der Waals surface area (Å²) in [5, 5.41) is 11.6. The average Bonchev–Trinajstić information content (AvgIpc) is 2.86. The molecular weight excluding hydrogens is 406 g/mol. The molecule has 2 aromatic carbocycles. The fourth-order valence-corrected chi connectivity index (χ4v) is 3.53. The van der Waals surface area contributed by atoms with Gasteiger partial charge in [0.15, 0.2) is 11.5 Å². The molecule has 0 radical (unpaired) electrons. The molecule has 0 aromatic heterocycles. The zero-order valence-corrected chi connectivity index (χ0v) is 18.4. The van der Waals surface area contributed by atoms with Crippen molar-refractivity contribution in [3.63, 3.8) is 0 Å². The molecule has 1 heterocycles. The minimum atomic E-state index is -0.450. The summed E-state index contributed by atoms with van der Waals surface area (Å²) in [6.45, 7) is 1.97. The number of methoxy groups -OCH3 is 1. The molecule has 1 aliphatic heterocycles. The maximum absolute atomic E-state index is 12.6. The predicted molar refractivity (Wildman–Crippen MR) is 121 cm³/mol. The van der Waals surface area contributed by atoms with Gasteiger partial charge in [0.05, 0.1) is 7.11 Å². The Morgan fingerprint density at radius 1 is 1.09 bits per heavy atom. The molecule has 0 unspecified atom stereocenters. The maximum atomic E-state index is 12.6. The monoisotopic (exact) mass is 433 g/mol. The van der Waals surface area contributed by atoms with E-state index in [-0.39, 0.29) is 11.5 Å². The normalized spacial score (nSPS) is 13.8. The van der Waals surface area contributed by atoms with Crippen molar-refractivity contribution >= 4 is 17.9 Å². The van der Waals surface area contributed by atoms with Gasteiger partial charge in [-0.2, -0.15) is 5.26 Å². The van der Waals surface area contributed by atoms with E-state index in [0.29, 0.717) is 29.2 Å². The minimum absolute atomic E-state index is 0.00223. The Balaban J connectivity index is 1.66. The number of hydrogen-bond acceptors (Lipinski definition) is 5. The number of rotatable bonds is 7. The van der Waals surface area contributed by atoms with Gasteiger partial charge >= 0.3 is 0 Å². The zero-order valence-electron chi connectivity index (χ0n) is 18.4. The van der Waals surface area contributed by atoms with Gasteiger partial charge in [0.25, 0.3) is 11.8 Å². The number of piperidine rings is 1. The van der Waals surface area contributed by atoms with Crippen LogP contribution in [0.25, 0.3) is 6.08 Å². The number of likely N-dealkylation sites (N-methyl/N-ethyl adjacent to an activating group) is 1. The van der Waals surface area contributed by atoms with E-state index in [0.717, 1.165) is 31.5 Å². The van der Waals surface area contributed by atoms with Crippen LogP contribution in [0.1, 0.15) is 40.7 Å². The molecule has 0 bridgehead atoms. The molecule has 166 valence electrons. The van der Waals surface area contributed by atoms with Crippen molar-refractivity contribution in [2.24, 2.45) is 0 Å². The van der Waals surface area contributed by atoms with Crippen LogP contribution in [0, 0.1) is 11.3 Å². The van der Waals surface area contributed by atoms with Crippen LogP contribution < -0.4 is 14.8 Å². The Labute approximate surface area is 188 Å². The van der Waals surface area contributed by atoms with Gasteiger partial charge < -0.3 is 19.7 Å². The number of ether oxygens (including phenoxy) is 2. The van der Waals surface area contributed by atoms with Crippen LogP contribution in [-0.4, -0.2) is 44.0 Å². The van der Waals surface area contributed by atoms with Gasteiger partial charge in [0.1, 0.15) is 18.2 Å². The first-order valence-electron chi connectivity index (χ1n) is 10.6. The standard InChI is InChI=1S/C25H27N3O4/c1-27-24(29)21(16-26)14-19-8-11-22(23(15-19)31-2)32-17-18-6-9-20(10-7-18)25(30)28-12-4-3-5-13-28/h6-11,14-15H,3-5,12-13,17H2,1-2H3,(H,27,29). The van der Waals surface area contributed by atoms with Gasteiger partial charge in [-0.25, -0.2) is 0 Å². The summed E-state index contributed by atoms with van der Waals surface area (Å²) >= 11 is 0. The van der Waals surface area contributed by atoms with Crippen molar-refractivity contribution in [1.82, 2.24) is 10.2 Å². The molecular formula is C25H27N3O4. The number of carbonyl (C=O) groups excluding carboxylic acids is 2. The van der Waals surface area contributed by atoms with E-state index in [1.165, 1.54) is 26.7 Å². The molecule has 32 heavy (non-hydrogen) atoms. The molecule has 1 aliphatic rings. The predicted octanol–water partition coefficient (Wildman–Crippen LogP) is 3.55. The average molecular weight is 434 g/mol. The van der Waals surface area contributed by atoms with E-state index in [1.54, 1.807) is 18.2 Å². The highest BCUT2D eigenvalue weighted by Gasteiger charge is 2.18. The number of benzene rings is 2. The molecule has 1 fully saturated rings. The van der Waals surface area contributed by atoms with Crippen molar-refractivity contribution in [1.29, 1.82) is 5.26 Å². The van der Waals surface area contributed by atoms with Gasteiger partial charge in [0, 0.05) is 25.7 Å². The SMILES string of the molecule is CNC(=O)C(C#N)=Cc1ccc(OCc2ccc(C(=O)N3CCCCC3)cc2)c(OC)c1. The lowest BCUT2D eigenvalue weighted by Gasteiger charge is -2.26. The van der Waals surface area contributed by atoms with E-state index in [4.69, 9.17) is 14.7 Å². The second-order valence-electron chi connectivity index (χ2n) is 7.50. The van der Waals surface area contributed by atoms with Crippen LogP contribution in [0.2, 0.25) is 0 Å². The third kappa shape index (κ3) is 5.67. The Bertz CT molecular complexity index is 1030. The number of nitrogens with zero attached hydrogens (tertiary/aromatic N) is 2. The lowest BCUT2D eigenvalue weighted by atomic mass is 10.1. The Morgan fingerprint density at radius 2 is 1.81 bits per heavy atom. The number of carbonyl (C=O) groups is 2. The Morgan fingerprint density at radius 3 is 2.44 bits per heavy atom. The second kappa shape index (κ2) is 11.0. The highest BCUT2D eigenvalue weighted by molar-refractivity contribution is 6.01. The van der Waals surface area contributed by atoms with Crippen molar-refractivity contribution in [3.8, 4) is 17.6 Å². The van der Waals surface area contributed by atoms with Crippen LogP contribution in [0.3, 0.4) is 0 Å². The van der Waals surface area contributed by atoms with Crippen LogP contribution >= 0.6 is 0 Å². The Kier molecular flexibility index (Phi) is 7.87. The van der Waals surface area contributed by atoms with Gasteiger partial charge in [-0.15, -0.1) is 0 Å². The molecule has 1 N–H and O–H groups in total. The van der Waals surface area contributed by atoms with Gasteiger partial charge in [-0.3, -0.25) is 9.59 Å². The van der Waals surface area contributed by atoms with Crippen LogP contribution in [0.15, 0.2) is 48.0 Å². The summed E-state index contributed by atoms with van der Waals surface area (Å²) in [7, 11) is 3.00. The van der Waals surface area contributed by atoms with Gasteiger partial charge in [-0.1, -0.05) is 18.2 Å². The first kappa shape index (κ1) is 22.9. The molecule has 0 spiro atoms. The fourth-order valence-electron chi connectivity index (χ4n) is 3.53. The van der Waals surface area contributed by atoms with Gasteiger partial charge in [-0.05, 0) is 60.7 Å². The summed E-state index contributed by atoms with van der Waals surface area (Å²) in [6.07, 6.45) is 4.81. The van der Waals surface area contributed by atoms with Crippen molar-refractivity contribution in [3.05, 3.63) is 64.7 Å². The molecule has 1 saturated heterocycles. The lowest BCUT2D eigenvalue weighted by molar-refractivity contribution is -0.116. The van der Waals surface area contributed by atoms with Gasteiger partial charge in [0.2, 0.25) is 0 Å². The molecule has 2 aromatic rings. The lowest BCUT2D eigenvalue weighted by Crippen LogP contribution is -2.35. The van der Waals surface area contributed by atoms with E-state index in [9.17, 15) is 9.59 Å². The largest absolute Gasteiger partial charge is 0.493 e. The van der Waals surface area contributed by atoms with E-state index >= 15 is 0 Å². The number of nitriles is 1. The van der Waals surface area contributed by atoms with E-state index in [1.807, 2.05) is 35.2 Å². The first-order valence-corrected chi connectivity index (χ1v) is 10.6. The molecule has 0 atom stereocenters. The van der Waals surface area contributed by atoms with Crippen molar-refractivity contribution in [2.75, 3.05) is 27.2 Å². The summed E-state index contributed by atoms with van der Waals surface area (Å²) in [5.41, 5.74) is 2.27. The quantitative estimate of drug-likeness (QED) is 0.533. The smallest absolute Gasteiger partial charge is 0.261 e. The van der Waals surface area contributed by atoms with Crippen molar-refractivity contribution < 1.29 is 19.1 Å². The minimum Gasteiger partial charge on any atom is -0.493 e. The molecule has 7 heteroatoms. The third-order valence-corrected chi connectivity index (χ3v) is 5.33. The van der Waals surface area contributed by atoms with E-state index < -0.39 is 5.91 Å². The summed E-state index contributed by atoms with van der Waals surface area (Å²) in [4.78, 5) is 26.2. The first-order chi connectivity index (χ1) is 15.5. The number of hydrogen-bond donors (Lipinski definition) is 1. The molecule has 2 amide bonds. The highest BCUT2D eigenvalue weighted by Crippen LogP contribution is 2.29. The van der Waals surface area contributed by atoms with Crippen LogP contribution in [0.5, 0.6) is 11.5 Å².